The van der Waals surface area contributed by atoms with E-state index in [1.807, 2.05) is 20.8 Å². The number of aromatic carboxylic acids is 1. The van der Waals surface area contributed by atoms with Crippen molar-refractivity contribution in [2.45, 2.75) is 45.2 Å². The normalized spacial score (nSPS) is 10.7. The maximum absolute atomic E-state index is 11.5. The minimum atomic E-state index is -0.982. The van der Waals surface area contributed by atoms with E-state index in [9.17, 15) is 14.7 Å². The van der Waals surface area contributed by atoms with Crippen molar-refractivity contribution in [3.05, 3.63) is 22.9 Å². The van der Waals surface area contributed by atoms with E-state index in [-0.39, 0.29) is 17.5 Å². The largest absolute Gasteiger partial charge is 0.478 e. The number of carboxylic acid groups (broad SMARTS) is 1. The number of carbonyl (C=O) groups is 2. The zero-order valence-corrected chi connectivity index (χ0v) is 13.0. The van der Waals surface area contributed by atoms with Crippen LogP contribution in [0.1, 0.15) is 41.9 Å². The molecule has 1 heterocycles. The Morgan fingerprint density at radius 3 is 2.60 bits per heavy atom. The fourth-order valence-electron chi connectivity index (χ4n) is 1.80. The summed E-state index contributed by atoms with van der Waals surface area (Å²) in [6.07, 6.45) is 0.344. The topological polar surface area (TPSA) is 79.3 Å². The molecule has 0 unspecified atom stereocenters. The Hall–Kier alpha value is -1.56. The van der Waals surface area contributed by atoms with E-state index in [4.69, 9.17) is 0 Å². The molecule has 6 heteroatoms. The Morgan fingerprint density at radius 2 is 2.05 bits per heavy atom. The summed E-state index contributed by atoms with van der Waals surface area (Å²) >= 11 is 1.31. The lowest BCUT2D eigenvalue weighted by Gasteiger charge is -2.10. The molecule has 20 heavy (non-hydrogen) atoms. The SMILES string of the molecule is Cc1cc(C)c(C(=O)O)c(SCCC(=O)NC(C)C)n1. The summed E-state index contributed by atoms with van der Waals surface area (Å²) in [6, 6.07) is 1.86. The van der Waals surface area contributed by atoms with Gasteiger partial charge in [0.05, 0.1) is 5.56 Å². The number of nitrogens with one attached hydrogen (secondary N) is 1. The molecule has 0 fully saturated rings. The third kappa shape index (κ3) is 4.85. The minimum absolute atomic E-state index is 0.0336. The van der Waals surface area contributed by atoms with Crippen LogP contribution in [0.25, 0.3) is 0 Å². The smallest absolute Gasteiger partial charge is 0.338 e. The Balaban J connectivity index is 2.73. The summed E-state index contributed by atoms with van der Waals surface area (Å²) in [5, 5.41) is 12.5. The highest BCUT2D eigenvalue weighted by molar-refractivity contribution is 7.99. The Kier molecular flexibility index (Phi) is 6.01. The van der Waals surface area contributed by atoms with Gasteiger partial charge in [-0.15, -0.1) is 11.8 Å². The van der Waals surface area contributed by atoms with Crippen LogP contribution in [0.15, 0.2) is 11.1 Å². The van der Waals surface area contributed by atoms with Crippen LogP contribution in [0.5, 0.6) is 0 Å². The van der Waals surface area contributed by atoms with Crippen LogP contribution in [0, 0.1) is 13.8 Å². The quantitative estimate of drug-likeness (QED) is 0.788. The van der Waals surface area contributed by atoms with Crippen molar-refractivity contribution in [1.82, 2.24) is 10.3 Å². The molecular formula is C14H20N2O3S. The zero-order valence-electron chi connectivity index (χ0n) is 12.2. The van der Waals surface area contributed by atoms with Crippen LogP contribution in [0.3, 0.4) is 0 Å². The molecule has 0 spiro atoms. The number of hydrogen-bond donors (Lipinski definition) is 2. The van der Waals surface area contributed by atoms with Gasteiger partial charge >= 0.3 is 5.97 Å². The van der Waals surface area contributed by atoms with Gasteiger partial charge in [-0.1, -0.05) is 0 Å². The highest BCUT2D eigenvalue weighted by Crippen LogP contribution is 2.24. The number of rotatable bonds is 6. The summed E-state index contributed by atoms with van der Waals surface area (Å²) in [6.45, 7) is 7.39. The summed E-state index contributed by atoms with van der Waals surface area (Å²) in [5.41, 5.74) is 1.70. The van der Waals surface area contributed by atoms with E-state index in [0.29, 0.717) is 22.8 Å². The number of carbonyl (C=O) groups excluding carboxylic acids is 1. The second-order valence-electron chi connectivity index (χ2n) is 4.89. The van der Waals surface area contributed by atoms with Crippen molar-refractivity contribution < 1.29 is 14.7 Å². The first-order chi connectivity index (χ1) is 9.31. The number of nitrogens with zero attached hydrogens (tertiary/aromatic N) is 1. The molecule has 0 radical (unpaired) electrons. The third-order valence-electron chi connectivity index (χ3n) is 2.54. The molecule has 0 aliphatic rings. The third-order valence-corrected chi connectivity index (χ3v) is 3.52. The number of aryl methyl sites for hydroxylation is 2. The molecule has 0 aromatic carbocycles. The molecule has 5 nitrogen and oxygen atoms in total. The number of hydrogen-bond acceptors (Lipinski definition) is 4. The molecule has 2 N–H and O–H groups in total. The van der Waals surface area contributed by atoms with E-state index in [1.54, 1.807) is 13.0 Å². The van der Waals surface area contributed by atoms with Crippen LogP contribution < -0.4 is 5.32 Å². The zero-order chi connectivity index (χ0) is 15.3. The van der Waals surface area contributed by atoms with Crippen molar-refractivity contribution in [3.63, 3.8) is 0 Å². The van der Waals surface area contributed by atoms with Gasteiger partial charge in [-0.3, -0.25) is 4.79 Å². The molecule has 1 amide bonds. The molecule has 1 aromatic rings. The van der Waals surface area contributed by atoms with Gasteiger partial charge in [0, 0.05) is 23.9 Å². The first-order valence-corrected chi connectivity index (χ1v) is 7.43. The maximum Gasteiger partial charge on any atom is 0.338 e. The number of aromatic nitrogens is 1. The molecule has 0 aliphatic heterocycles. The van der Waals surface area contributed by atoms with Crippen molar-refractivity contribution in [1.29, 1.82) is 0 Å². The number of pyridine rings is 1. The van der Waals surface area contributed by atoms with Gasteiger partial charge in [-0.25, -0.2) is 9.78 Å². The molecule has 1 rings (SSSR count). The van der Waals surface area contributed by atoms with Crippen molar-refractivity contribution in [2.24, 2.45) is 0 Å². The van der Waals surface area contributed by atoms with E-state index >= 15 is 0 Å². The molecule has 110 valence electrons. The Morgan fingerprint density at radius 1 is 1.40 bits per heavy atom. The Labute approximate surface area is 123 Å². The molecule has 0 aliphatic carbocycles. The van der Waals surface area contributed by atoms with Gasteiger partial charge in [-0.05, 0) is 39.3 Å². The summed E-state index contributed by atoms with van der Waals surface area (Å²) in [7, 11) is 0. The lowest BCUT2D eigenvalue weighted by Crippen LogP contribution is -2.30. The van der Waals surface area contributed by atoms with E-state index in [1.165, 1.54) is 11.8 Å². The van der Waals surface area contributed by atoms with Crippen molar-refractivity contribution >= 4 is 23.6 Å². The highest BCUT2D eigenvalue weighted by atomic mass is 32.2. The maximum atomic E-state index is 11.5. The predicted octanol–water partition coefficient (Wildman–Crippen LogP) is 2.40. The summed E-state index contributed by atoms with van der Waals surface area (Å²) < 4.78 is 0. The van der Waals surface area contributed by atoms with Gasteiger partial charge in [0.1, 0.15) is 5.03 Å². The van der Waals surface area contributed by atoms with Crippen LogP contribution >= 0.6 is 11.8 Å². The number of carboxylic acids is 1. The fraction of sp³-hybridized carbons (Fsp3) is 0.500. The second kappa shape index (κ2) is 7.28. The van der Waals surface area contributed by atoms with Gasteiger partial charge in [-0.2, -0.15) is 0 Å². The van der Waals surface area contributed by atoms with Crippen LogP contribution in [0.4, 0.5) is 0 Å². The van der Waals surface area contributed by atoms with Crippen LogP contribution in [0.2, 0.25) is 0 Å². The van der Waals surface area contributed by atoms with Gasteiger partial charge in [0.2, 0.25) is 5.91 Å². The number of amides is 1. The standard InChI is InChI=1S/C14H20N2O3S/c1-8(2)15-11(17)5-6-20-13-12(14(18)19)9(3)7-10(4)16-13/h7-8H,5-6H2,1-4H3,(H,15,17)(H,18,19). The van der Waals surface area contributed by atoms with Crippen LogP contribution in [-0.4, -0.2) is 33.8 Å². The van der Waals surface area contributed by atoms with E-state index < -0.39 is 5.97 Å². The predicted molar refractivity (Wildman–Crippen MR) is 79.3 cm³/mol. The van der Waals surface area contributed by atoms with Gasteiger partial charge in [0.25, 0.3) is 0 Å². The minimum Gasteiger partial charge on any atom is -0.478 e. The number of thioether (sulfide) groups is 1. The molecule has 0 bridgehead atoms. The monoisotopic (exact) mass is 296 g/mol. The van der Waals surface area contributed by atoms with Crippen molar-refractivity contribution in [3.8, 4) is 0 Å². The molecule has 0 atom stereocenters. The lowest BCUT2D eigenvalue weighted by molar-refractivity contribution is -0.121. The first kappa shape index (κ1) is 16.5. The average molecular weight is 296 g/mol. The summed E-state index contributed by atoms with van der Waals surface area (Å²) in [4.78, 5) is 27.1. The van der Waals surface area contributed by atoms with Crippen LogP contribution in [-0.2, 0) is 4.79 Å². The Bertz CT molecular complexity index is 515. The average Bonchev–Trinajstić information content (AvgIpc) is 2.25. The highest BCUT2D eigenvalue weighted by Gasteiger charge is 2.16. The molecule has 0 saturated heterocycles. The fourth-order valence-corrected chi connectivity index (χ4v) is 2.88. The molecule has 1 aromatic heterocycles. The second-order valence-corrected chi connectivity index (χ2v) is 5.97. The van der Waals surface area contributed by atoms with Gasteiger partial charge < -0.3 is 10.4 Å². The van der Waals surface area contributed by atoms with Gasteiger partial charge in [0.15, 0.2) is 0 Å². The molecule has 0 saturated carbocycles. The van der Waals surface area contributed by atoms with E-state index in [2.05, 4.69) is 10.3 Å². The van der Waals surface area contributed by atoms with Crippen molar-refractivity contribution in [2.75, 3.05) is 5.75 Å². The summed E-state index contributed by atoms with van der Waals surface area (Å²) in [5.74, 6) is -0.507. The lowest BCUT2D eigenvalue weighted by atomic mass is 10.1. The first-order valence-electron chi connectivity index (χ1n) is 6.45. The molecular weight excluding hydrogens is 276 g/mol. The van der Waals surface area contributed by atoms with E-state index in [0.717, 1.165) is 5.69 Å².